The Morgan fingerprint density at radius 3 is 2.09 bits per heavy atom. The molecule has 0 spiro atoms. The molecule has 8 rings (SSSR count). The van der Waals surface area contributed by atoms with Gasteiger partial charge in [0.2, 0.25) is 0 Å². The maximum Gasteiger partial charge on any atom is 0.501 e. The lowest BCUT2D eigenvalue weighted by atomic mass is 9.96. The van der Waals surface area contributed by atoms with Gasteiger partial charge in [-0.2, -0.15) is 13.2 Å². The molecular formula is C53H59ClF4N8O6S3. The molecule has 0 saturated carbocycles. The highest BCUT2D eigenvalue weighted by atomic mass is 35.5. The predicted octanol–water partition coefficient (Wildman–Crippen LogP) is 10.2. The lowest BCUT2D eigenvalue weighted by molar-refractivity contribution is -0.0436. The van der Waals surface area contributed by atoms with Crippen molar-refractivity contribution < 1.29 is 44.3 Å². The fourth-order valence-electron chi connectivity index (χ4n) is 9.77. The first kappa shape index (κ1) is 55.4. The molecule has 22 heteroatoms. The van der Waals surface area contributed by atoms with E-state index in [4.69, 9.17) is 11.6 Å². The van der Waals surface area contributed by atoms with Gasteiger partial charge in [-0.15, -0.1) is 11.8 Å². The first-order valence-corrected chi connectivity index (χ1v) is 28.8. The van der Waals surface area contributed by atoms with Crippen LogP contribution in [-0.4, -0.2) is 114 Å². The van der Waals surface area contributed by atoms with Gasteiger partial charge in [0.15, 0.2) is 0 Å². The molecule has 75 heavy (non-hydrogen) atoms. The number of likely N-dealkylation sites (tertiary alicyclic amines) is 1. The Hall–Kier alpha value is -5.81. The molecule has 0 unspecified atom stereocenters. The fourth-order valence-corrected chi connectivity index (χ4v) is 13.0. The lowest BCUT2D eigenvalue weighted by Crippen LogP contribution is -2.47. The number of aromatic nitrogens is 1. The van der Waals surface area contributed by atoms with E-state index in [1.54, 1.807) is 49.4 Å². The molecule has 0 amide bonds. The average molecular weight is 1110 g/mol. The maximum atomic E-state index is 15.6. The molecule has 2 aliphatic rings. The van der Waals surface area contributed by atoms with E-state index in [1.165, 1.54) is 36.0 Å². The number of rotatable bonds is 20. The normalized spacial score (nSPS) is 15.5. The van der Waals surface area contributed by atoms with Gasteiger partial charge >= 0.3 is 11.5 Å². The number of sulfonamides is 1. The molecular weight excluding hydrogens is 1050 g/mol. The number of nitrogens with one attached hydrogen (secondary N) is 4. The summed E-state index contributed by atoms with van der Waals surface area (Å²) in [5.74, 6) is -1.29. The Morgan fingerprint density at radius 2 is 1.48 bits per heavy atom. The van der Waals surface area contributed by atoms with Crippen LogP contribution in [0, 0.1) is 12.7 Å². The number of carbonyl (C=O) groups is 1. The maximum absolute atomic E-state index is 15.6. The Balaban J connectivity index is 0.968. The highest BCUT2D eigenvalue weighted by Crippen LogP contribution is 2.42. The van der Waals surface area contributed by atoms with Gasteiger partial charge in [0, 0.05) is 95.3 Å². The minimum atomic E-state index is -6.04. The first-order valence-electron chi connectivity index (χ1n) is 24.5. The number of halogens is 5. The van der Waals surface area contributed by atoms with Crippen LogP contribution < -0.4 is 30.7 Å². The zero-order valence-corrected chi connectivity index (χ0v) is 44.7. The third-order valence-electron chi connectivity index (χ3n) is 13.6. The quantitative estimate of drug-likeness (QED) is 0.0279. The molecule has 1 aromatic heterocycles. The number of piperidine rings is 1. The van der Waals surface area contributed by atoms with E-state index in [2.05, 4.69) is 30.7 Å². The molecule has 1 atom stereocenters. The highest BCUT2D eigenvalue weighted by molar-refractivity contribution is 7.99. The van der Waals surface area contributed by atoms with Crippen molar-refractivity contribution in [3.05, 3.63) is 137 Å². The summed E-state index contributed by atoms with van der Waals surface area (Å²) in [5.41, 5.74) is 4.28. The summed E-state index contributed by atoms with van der Waals surface area (Å²) in [6.45, 7) is 8.19. The van der Waals surface area contributed by atoms with E-state index in [1.807, 2.05) is 53.8 Å². The number of alkyl halides is 3. The minimum absolute atomic E-state index is 0.0766. The third kappa shape index (κ3) is 12.9. The number of carboxylic acid groups (broad SMARTS) is 1. The molecule has 2 saturated heterocycles. The van der Waals surface area contributed by atoms with Crippen LogP contribution >= 0.6 is 23.4 Å². The highest BCUT2D eigenvalue weighted by Gasteiger charge is 2.48. The summed E-state index contributed by atoms with van der Waals surface area (Å²) in [6, 6.07) is 29.9. The van der Waals surface area contributed by atoms with E-state index >= 15 is 4.39 Å². The van der Waals surface area contributed by atoms with Crippen molar-refractivity contribution in [1.29, 1.82) is 0 Å². The van der Waals surface area contributed by atoms with Crippen LogP contribution in [0.1, 0.15) is 42.2 Å². The summed E-state index contributed by atoms with van der Waals surface area (Å²) < 4.78 is 117. The van der Waals surface area contributed by atoms with Gasteiger partial charge < -0.3 is 29.7 Å². The number of carboxylic acids is 1. The van der Waals surface area contributed by atoms with Gasteiger partial charge in [0.1, 0.15) is 10.7 Å². The van der Waals surface area contributed by atoms with Crippen LogP contribution in [0.15, 0.2) is 130 Å². The number of anilines is 4. The SMILES string of the molecule is CCn1c(C)c(C(=O)O)c(-c2cc(F)cc(N3CCN(c4ccc(NS(=O)(=O)c5ccc(N[C@H](CCN6CCC(NNC)CC6)CSc6ccccc6)c(S(=O)(=O)C(F)(F)F)c5)cc4)CC3)c2)c1-c1ccc(Cl)cc1. The lowest BCUT2D eigenvalue weighted by Gasteiger charge is -2.37. The second-order valence-corrected chi connectivity index (χ2v) is 23.6. The first-order chi connectivity index (χ1) is 35.8. The number of hydrazine groups is 1. The molecule has 0 radical (unpaired) electrons. The van der Waals surface area contributed by atoms with Gasteiger partial charge in [-0.25, -0.2) is 26.0 Å². The van der Waals surface area contributed by atoms with Crippen LogP contribution in [0.5, 0.6) is 0 Å². The number of aromatic carboxylic acids is 1. The smallest absolute Gasteiger partial charge is 0.478 e. The predicted molar refractivity (Wildman–Crippen MR) is 290 cm³/mol. The number of nitrogens with zero attached hydrogens (tertiary/aromatic N) is 4. The molecule has 3 heterocycles. The van der Waals surface area contributed by atoms with Gasteiger partial charge in [0.25, 0.3) is 19.9 Å². The van der Waals surface area contributed by atoms with Crippen molar-refractivity contribution in [2.75, 3.05) is 78.5 Å². The molecule has 400 valence electrons. The van der Waals surface area contributed by atoms with E-state index in [-0.39, 0.29) is 16.9 Å². The molecule has 2 aliphatic heterocycles. The monoisotopic (exact) mass is 1110 g/mol. The Kier molecular flexibility index (Phi) is 17.4. The summed E-state index contributed by atoms with van der Waals surface area (Å²) >= 11 is 7.67. The Bertz CT molecular complexity index is 3190. The average Bonchev–Trinajstić information content (AvgIpc) is 3.71. The topological polar surface area (TPSA) is 168 Å². The van der Waals surface area contributed by atoms with E-state index < -0.39 is 53.0 Å². The molecule has 6 aromatic rings. The van der Waals surface area contributed by atoms with Gasteiger partial charge in [0.05, 0.1) is 21.8 Å². The minimum Gasteiger partial charge on any atom is -0.478 e. The molecule has 0 bridgehead atoms. The fraction of sp³-hybridized carbons (Fsp3) is 0.340. The molecule has 14 nitrogen and oxygen atoms in total. The number of benzene rings is 5. The zero-order valence-electron chi connectivity index (χ0n) is 41.5. The van der Waals surface area contributed by atoms with Crippen molar-refractivity contribution >= 4 is 71.9 Å². The third-order valence-corrected chi connectivity index (χ3v) is 17.9. The zero-order chi connectivity index (χ0) is 53.7. The van der Waals surface area contributed by atoms with Crippen molar-refractivity contribution in [2.24, 2.45) is 0 Å². The van der Waals surface area contributed by atoms with Crippen molar-refractivity contribution in [3.63, 3.8) is 0 Å². The number of hydrogen-bond donors (Lipinski definition) is 5. The second kappa shape index (κ2) is 23.6. The van der Waals surface area contributed by atoms with Crippen molar-refractivity contribution in [1.82, 2.24) is 20.3 Å². The largest absolute Gasteiger partial charge is 0.501 e. The van der Waals surface area contributed by atoms with Crippen molar-refractivity contribution in [3.8, 4) is 22.4 Å². The number of piperazine rings is 1. The van der Waals surface area contributed by atoms with Gasteiger partial charge in [-0.3, -0.25) is 15.6 Å². The van der Waals surface area contributed by atoms with Crippen molar-refractivity contribution in [2.45, 2.75) is 71.9 Å². The molecule has 0 aliphatic carbocycles. The summed E-state index contributed by atoms with van der Waals surface area (Å²) in [6.07, 6.45) is 2.25. The van der Waals surface area contributed by atoms with Gasteiger partial charge in [-0.05, 0) is 149 Å². The van der Waals surface area contributed by atoms with Crippen LogP contribution in [-0.2, 0) is 26.4 Å². The van der Waals surface area contributed by atoms with Crippen LogP contribution in [0.3, 0.4) is 0 Å². The van der Waals surface area contributed by atoms with Crippen LogP contribution in [0.2, 0.25) is 5.02 Å². The standard InChI is InChI=1S/C53H59ClF4N8O6S3/c1-4-66-35(2)49(52(67)68)50(51(66)36-10-12-38(54)13-11-36)37-30-39(55)32-44(31-37)65-28-26-64(27-29-65)43-16-14-41(15-17-43)62-75(71,72)46-18-19-47(48(33-46)74(69,70)53(56,57)58)60-42(34-73-45-8-6-5-7-9-45)22-25-63-23-20-40(21-24-63)61-59-3/h5-19,30-33,40,42,59-62H,4,20-29,34H2,1-3H3,(H,67,68)/t42-/m1/s1. The Morgan fingerprint density at radius 1 is 0.827 bits per heavy atom. The summed E-state index contributed by atoms with van der Waals surface area (Å²) in [7, 11) is -8.85. The number of hydrogen-bond acceptors (Lipinski definition) is 12. The number of sulfone groups is 1. The number of thioether (sulfide) groups is 1. The second-order valence-electron chi connectivity index (χ2n) is 18.4. The van der Waals surface area contributed by atoms with Gasteiger partial charge in [-0.1, -0.05) is 41.9 Å². The molecule has 5 aromatic carbocycles. The molecule has 5 N–H and O–H groups in total. The van der Waals surface area contributed by atoms with E-state index in [9.17, 15) is 39.9 Å². The molecule has 2 fully saturated rings. The van der Waals surface area contributed by atoms with E-state index in [0.29, 0.717) is 96.8 Å². The van der Waals surface area contributed by atoms with Crippen LogP contribution in [0.4, 0.5) is 40.3 Å². The summed E-state index contributed by atoms with van der Waals surface area (Å²) in [5, 5.41) is 14.0. The Labute approximate surface area is 444 Å². The van der Waals surface area contributed by atoms with E-state index in [0.717, 1.165) is 54.2 Å². The van der Waals surface area contributed by atoms with Crippen LogP contribution in [0.25, 0.3) is 22.4 Å². The summed E-state index contributed by atoms with van der Waals surface area (Å²) in [4.78, 5) is 18.1.